The van der Waals surface area contributed by atoms with Gasteiger partial charge in [0.25, 0.3) is 11.8 Å². The highest BCUT2D eigenvalue weighted by atomic mass is 16.2. The number of rotatable bonds is 2. The number of fused-ring (bicyclic) bond motifs is 4. The smallest absolute Gasteiger partial charge is 0.254 e. The van der Waals surface area contributed by atoms with E-state index in [2.05, 4.69) is 22.2 Å². The molecule has 1 aromatic heterocycles. The molecule has 0 unspecified atom stereocenters. The van der Waals surface area contributed by atoms with Crippen LogP contribution >= 0.6 is 0 Å². The summed E-state index contributed by atoms with van der Waals surface area (Å²) in [5, 5.41) is 6.44. The molecule has 1 saturated heterocycles. The summed E-state index contributed by atoms with van der Waals surface area (Å²) < 4.78 is 0. The van der Waals surface area contributed by atoms with Crippen molar-refractivity contribution in [3.8, 4) is 0 Å². The van der Waals surface area contributed by atoms with Gasteiger partial charge in [0.1, 0.15) is 0 Å². The summed E-state index contributed by atoms with van der Waals surface area (Å²) in [5.74, 6) is -0.127. The van der Waals surface area contributed by atoms with Gasteiger partial charge in [0, 0.05) is 22.7 Å². The van der Waals surface area contributed by atoms with Gasteiger partial charge in [-0.3, -0.25) is 9.59 Å². The van der Waals surface area contributed by atoms with Gasteiger partial charge >= 0.3 is 0 Å². The van der Waals surface area contributed by atoms with Crippen LogP contribution in [0.5, 0.6) is 0 Å². The summed E-state index contributed by atoms with van der Waals surface area (Å²) in [7, 11) is 0. The highest BCUT2D eigenvalue weighted by Crippen LogP contribution is 2.73. The molecule has 6 rings (SSSR count). The topological polar surface area (TPSA) is 65.5 Å². The molecule has 4 aliphatic rings. The van der Waals surface area contributed by atoms with Crippen molar-refractivity contribution in [3.63, 3.8) is 0 Å². The van der Waals surface area contributed by atoms with Crippen LogP contribution in [0.3, 0.4) is 0 Å². The normalized spacial score (nSPS) is 34.2. The average molecular weight is 331 g/mol. The molecule has 5 heteroatoms. The average Bonchev–Trinajstić information content (AvgIpc) is 3.00. The standard InChI is InChI=1S/C20H17N3O2/c24-18-16-13-5-6-14(20(13)7-8-20)17(16)19(25)23(18)22-10-11-9-21-15-4-2-1-3-12(11)15/h1-6,9-10,13-14,16-17,21H,7-8H2/b22-10-/t13-,14-,16-,17-/m1/s1. The van der Waals surface area contributed by atoms with E-state index >= 15 is 0 Å². The minimum Gasteiger partial charge on any atom is -0.361 e. The van der Waals surface area contributed by atoms with Gasteiger partial charge in [0.15, 0.2) is 0 Å². The van der Waals surface area contributed by atoms with Gasteiger partial charge in [-0.05, 0) is 36.2 Å². The van der Waals surface area contributed by atoms with E-state index in [0.29, 0.717) is 0 Å². The lowest BCUT2D eigenvalue weighted by atomic mass is 9.85. The number of nitrogens with zero attached hydrogens (tertiary/aromatic N) is 2. The second-order valence-electron chi connectivity index (χ2n) is 7.74. The van der Waals surface area contributed by atoms with Crippen molar-refractivity contribution in [1.82, 2.24) is 9.99 Å². The SMILES string of the molecule is O=C1[C@H]2[C@H](C(=O)N1/N=C\c1c[nH]c3ccccc13)[C@H]1C=C[C@H]2C12CC2. The summed E-state index contributed by atoms with van der Waals surface area (Å²) in [6.07, 6.45) is 10.1. The molecular weight excluding hydrogens is 314 g/mol. The van der Waals surface area contributed by atoms with Gasteiger partial charge in [0.05, 0.1) is 18.1 Å². The molecule has 1 aliphatic heterocycles. The number of benzene rings is 1. The number of aromatic nitrogens is 1. The summed E-state index contributed by atoms with van der Waals surface area (Å²) >= 11 is 0. The van der Waals surface area contributed by atoms with Crippen LogP contribution in [0.1, 0.15) is 18.4 Å². The minimum atomic E-state index is -0.190. The maximum atomic E-state index is 12.9. The molecule has 2 amide bonds. The Bertz CT molecular complexity index is 963. The Hall–Kier alpha value is -2.69. The summed E-state index contributed by atoms with van der Waals surface area (Å²) in [5.41, 5.74) is 2.12. The van der Waals surface area contributed by atoms with Gasteiger partial charge in [-0.1, -0.05) is 30.4 Å². The van der Waals surface area contributed by atoms with E-state index in [0.717, 1.165) is 34.3 Å². The first kappa shape index (κ1) is 13.6. The summed E-state index contributed by atoms with van der Waals surface area (Å²) in [6.45, 7) is 0. The van der Waals surface area contributed by atoms with Crippen molar-refractivity contribution in [1.29, 1.82) is 0 Å². The fraction of sp³-hybridized carbons (Fsp3) is 0.350. The predicted molar refractivity (Wildman–Crippen MR) is 92.5 cm³/mol. The first-order valence-electron chi connectivity index (χ1n) is 8.87. The molecule has 124 valence electrons. The number of imide groups is 1. The molecule has 1 spiro atoms. The number of amides is 2. The molecule has 1 N–H and O–H groups in total. The van der Waals surface area contributed by atoms with Crippen molar-refractivity contribution in [3.05, 3.63) is 48.2 Å². The Morgan fingerprint density at radius 3 is 2.44 bits per heavy atom. The molecule has 2 bridgehead atoms. The maximum Gasteiger partial charge on any atom is 0.254 e. The molecule has 5 nitrogen and oxygen atoms in total. The minimum absolute atomic E-state index is 0.116. The van der Waals surface area contributed by atoms with Gasteiger partial charge in [-0.25, -0.2) is 0 Å². The summed E-state index contributed by atoms with van der Waals surface area (Å²) in [4.78, 5) is 28.9. The van der Waals surface area contributed by atoms with Crippen molar-refractivity contribution in [2.75, 3.05) is 0 Å². The van der Waals surface area contributed by atoms with E-state index in [4.69, 9.17) is 0 Å². The van der Waals surface area contributed by atoms with Crippen LogP contribution in [-0.4, -0.2) is 28.0 Å². The number of carbonyl (C=O) groups is 2. The molecule has 2 aromatic rings. The van der Waals surface area contributed by atoms with E-state index in [1.165, 1.54) is 0 Å². The molecule has 3 aliphatic carbocycles. The van der Waals surface area contributed by atoms with Crippen LogP contribution in [0.25, 0.3) is 10.9 Å². The number of hydrogen-bond acceptors (Lipinski definition) is 3. The molecule has 0 radical (unpaired) electrons. The Balaban J connectivity index is 1.34. The second kappa shape index (κ2) is 4.28. The van der Waals surface area contributed by atoms with Gasteiger partial charge < -0.3 is 4.98 Å². The Morgan fingerprint density at radius 2 is 1.76 bits per heavy atom. The molecule has 2 saturated carbocycles. The molecule has 3 fully saturated rings. The van der Waals surface area contributed by atoms with Crippen LogP contribution in [0.4, 0.5) is 0 Å². The fourth-order valence-corrected chi connectivity index (χ4v) is 5.50. The van der Waals surface area contributed by atoms with Gasteiger partial charge in [0.2, 0.25) is 0 Å². The maximum absolute atomic E-state index is 12.9. The van der Waals surface area contributed by atoms with Crippen LogP contribution in [0, 0.1) is 29.1 Å². The number of nitrogens with one attached hydrogen (secondary N) is 1. The van der Waals surface area contributed by atoms with Crippen LogP contribution in [0.2, 0.25) is 0 Å². The van der Waals surface area contributed by atoms with Crippen molar-refractivity contribution in [2.24, 2.45) is 34.2 Å². The van der Waals surface area contributed by atoms with E-state index in [1.807, 2.05) is 30.5 Å². The Kier molecular flexibility index (Phi) is 2.33. The lowest BCUT2D eigenvalue weighted by Crippen LogP contribution is -2.30. The summed E-state index contributed by atoms with van der Waals surface area (Å²) in [6, 6.07) is 7.91. The number of hydrazone groups is 1. The zero-order valence-corrected chi connectivity index (χ0v) is 13.6. The third-order valence-electron chi connectivity index (χ3n) is 6.76. The van der Waals surface area contributed by atoms with Crippen LogP contribution in [0.15, 0.2) is 47.7 Å². The third-order valence-corrected chi connectivity index (χ3v) is 6.76. The van der Waals surface area contributed by atoms with Crippen LogP contribution < -0.4 is 0 Å². The van der Waals surface area contributed by atoms with Crippen molar-refractivity contribution in [2.45, 2.75) is 12.8 Å². The number of hydrogen-bond donors (Lipinski definition) is 1. The number of aromatic amines is 1. The first-order chi connectivity index (χ1) is 12.2. The van der Waals surface area contributed by atoms with Gasteiger partial charge in [-0.2, -0.15) is 10.1 Å². The number of para-hydroxylation sites is 1. The zero-order valence-electron chi connectivity index (χ0n) is 13.6. The lowest BCUT2D eigenvalue weighted by Gasteiger charge is -2.18. The fourth-order valence-electron chi connectivity index (χ4n) is 5.50. The van der Waals surface area contributed by atoms with E-state index < -0.39 is 0 Å². The Morgan fingerprint density at radius 1 is 1.08 bits per heavy atom. The van der Waals surface area contributed by atoms with Crippen LogP contribution in [-0.2, 0) is 9.59 Å². The highest BCUT2D eigenvalue weighted by molar-refractivity contribution is 6.08. The van der Waals surface area contributed by atoms with E-state index in [9.17, 15) is 9.59 Å². The quantitative estimate of drug-likeness (QED) is 0.522. The number of H-pyrrole nitrogens is 1. The lowest BCUT2D eigenvalue weighted by molar-refractivity contribution is -0.141. The Labute approximate surface area is 144 Å². The molecule has 25 heavy (non-hydrogen) atoms. The monoisotopic (exact) mass is 331 g/mol. The molecular formula is C20H17N3O2. The van der Waals surface area contributed by atoms with Gasteiger partial charge in [-0.15, -0.1) is 0 Å². The third kappa shape index (κ3) is 1.52. The van der Waals surface area contributed by atoms with Crippen molar-refractivity contribution < 1.29 is 9.59 Å². The second-order valence-corrected chi connectivity index (χ2v) is 7.74. The molecule has 2 heterocycles. The largest absolute Gasteiger partial charge is 0.361 e. The number of allylic oxidation sites excluding steroid dienone is 2. The van der Waals surface area contributed by atoms with E-state index in [-0.39, 0.29) is 40.9 Å². The van der Waals surface area contributed by atoms with Crippen molar-refractivity contribution >= 4 is 28.9 Å². The molecule has 1 aromatic carbocycles. The first-order valence-corrected chi connectivity index (χ1v) is 8.87. The predicted octanol–water partition coefficient (Wildman–Crippen LogP) is 2.70. The molecule has 4 atom stereocenters. The zero-order chi connectivity index (χ0) is 16.8. The number of carbonyl (C=O) groups excluding carboxylic acids is 2. The van der Waals surface area contributed by atoms with E-state index in [1.54, 1.807) is 6.21 Å². The highest BCUT2D eigenvalue weighted by Gasteiger charge is 2.73.